The van der Waals surface area contributed by atoms with Gasteiger partial charge in [-0.15, -0.1) is 0 Å². The molecular formula is C25H35N5O. The molecule has 2 atom stereocenters. The van der Waals surface area contributed by atoms with E-state index in [9.17, 15) is 4.79 Å². The highest BCUT2D eigenvalue weighted by molar-refractivity contribution is 5.99. The number of amides is 1. The standard InChI is InChI=1S/C25H35N5O/c1-18-13-20(22-7-6-19(14-26-2)25-23(22)5-4-10-27-25)16-30(15-18)17-24(31)28-21-8-11-29(3)12-9-21/h4-7,10,14,18,20-21H,8-9,11-13,15-17H2,1-3H3,(H,28,31)/t18-,20-/m1/s1. The molecule has 2 aliphatic heterocycles. The van der Waals surface area contributed by atoms with Crippen LogP contribution in [0.5, 0.6) is 0 Å². The Morgan fingerprint density at radius 1 is 1.26 bits per heavy atom. The maximum Gasteiger partial charge on any atom is 0.234 e. The number of piperidine rings is 2. The Hall–Kier alpha value is -2.31. The first-order valence-corrected chi connectivity index (χ1v) is 11.5. The molecule has 0 aliphatic carbocycles. The van der Waals surface area contributed by atoms with Crippen LogP contribution in [0.25, 0.3) is 10.9 Å². The molecule has 1 aromatic heterocycles. The molecule has 0 saturated carbocycles. The van der Waals surface area contributed by atoms with E-state index in [1.165, 1.54) is 10.9 Å². The van der Waals surface area contributed by atoms with Crippen molar-refractivity contribution in [2.45, 2.75) is 38.1 Å². The van der Waals surface area contributed by atoms with Crippen molar-refractivity contribution in [3.63, 3.8) is 0 Å². The van der Waals surface area contributed by atoms with Gasteiger partial charge in [0.05, 0.1) is 12.1 Å². The fraction of sp³-hybridized carbons (Fsp3) is 0.560. The smallest absolute Gasteiger partial charge is 0.234 e. The third kappa shape index (κ3) is 5.31. The highest BCUT2D eigenvalue weighted by atomic mass is 16.2. The second kappa shape index (κ2) is 9.88. The van der Waals surface area contributed by atoms with Crippen molar-refractivity contribution in [2.75, 3.05) is 46.8 Å². The van der Waals surface area contributed by atoms with E-state index in [2.05, 4.69) is 57.3 Å². The quantitative estimate of drug-likeness (QED) is 0.754. The van der Waals surface area contributed by atoms with Crippen LogP contribution < -0.4 is 5.32 Å². The first kappa shape index (κ1) is 21.9. The lowest BCUT2D eigenvalue weighted by Crippen LogP contribution is -2.49. The number of carbonyl (C=O) groups is 1. The SMILES string of the molecule is CN=Cc1ccc([C@@H]2C[C@@H](C)CN(CC(=O)NC3CCN(C)CC3)C2)c2cccnc12. The van der Waals surface area contributed by atoms with E-state index in [0.29, 0.717) is 24.4 Å². The molecule has 1 amide bonds. The second-order valence-electron chi connectivity index (χ2n) is 9.41. The molecule has 3 heterocycles. The van der Waals surface area contributed by atoms with Crippen molar-refractivity contribution in [1.29, 1.82) is 0 Å². The van der Waals surface area contributed by atoms with Crippen LogP contribution in [-0.2, 0) is 4.79 Å². The lowest BCUT2D eigenvalue weighted by molar-refractivity contribution is -0.123. The van der Waals surface area contributed by atoms with Crippen LogP contribution in [0.2, 0.25) is 0 Å². The Morgan fingerprint density at radius 3 is 2.84 bits per heavy atom. The molecule has 0 unspecified atom stereocenters. The minimum absolute atomic E-state index is 0.170. The van der Waals surface area contributed by atoms with Crippen LogP contribution >= 0.6 is 0 Å². The summed E-state index contributed by atoms with van der Waals surface area (Å²) < 4.78 is 0. The lowest BCUT2D eigenvalue weighted by atomic mass is 9.83. The molecule has 0 spiro atoms. The predicted molar refractivity (Wildman–Crippen MR) is 127 cm³/mol. The van der Waals surface area contributed by atoms with E-state index >= 15 is 0 Å². The number of aliphatic imine (C=N–C) groups is 1. The zero-order chi connectivity index (χ0) is 21.8. The Bertz CT molecular complexity index is 935. The zero-order valence-corrected chi connectivity index (χ0v) is 19.1. The molecule has 0 radical (unpaired) electrons. The van der Waals surface area contributed by atoms with E-state index in [1.807, 2.05) is 18.5 Å². The minimum Gasteiger partial charge on any atom is -0.352 e. The fourth-order valence-corrected chi connectivity index (χ4v) is 5.26. The largest absolute Gasteiger partial charge is 0.352 e. The predicted octanol–water partition coefficient (Wildman–Crippen LogP) is 2.92. The van der Waals surface area contributed by atoms with E-state index in [4.69, 9.17) is 0 Å². The van der Waals surface area contributed by atoms with Crippen LogP contribution in [0.15, 0.2) is 35.5 Å². The number of nitrogens with zero attached hydrogens (tertiary/aromatic N) is 4. The molecule has 2 saturated heterocycles. The minimum atomic E-state index is 0.170. The Morgan fingerprint density at radius 2 is 2.06 bits per heavy atom. The molecule has 2 aliphatic rings. The number of benzene rings is 1. The number of aromatic nitrogens is 1. The lowest BCUT2D eigenvalue weighted by Gasteiger charge is -2.37. The third-order valence-corrected chi connectivity index (χ3v) is 6.73. The van der Waals surface area contributed by atoms with Gasteiger partial charge in [0.2, 0.25) is 5.91 Å². The van der Waals surface area contributed by atoms with Crippen molar-refractivity contribution in [3.05, 3.63) is 41.6 Å². The summed E-state index contributed by atoms with van der Waals surface area (Å²) in [5, 5.41) is 4.48. The number of hydrogen-bond donors (Lipinski definition) is 1. The molecule has 2 aromatic rings. The first-order valence-electron chi connectivity index (χ1n) is 11.5. The molecule has 0 bridgehead atoms. The summed E-state index contributed by atoms with van der Waals surface area (Å²) in [6.07, 6.45) is 6.96. The van der Waals surface area contributed by atoms with E-state index in [-0.39, 0.29) is 5.91 Å². The number of hydrogen-bond acceptors (Lipinski definition) is 5. The number of rotatable bonds is 5. The number of fused-ring (bicyclic) bond motifs is 1. The summed E-state index contributed by atoms with van der Waals surface area (Å²) in [6.45, 7) is 6.81. The molecule has 31 heavy (non-hydrogen) atoms. The van der Waals surface area contributed by atoms with Gasteiger partial charge in [0, 0.05) is 49.5 Å². The van der Waals surface area contributed by atoms with Crippen LogP contribution in [0.1, 0.15) is 43.2 Å². The molecule has 1 N–H and O–H groups in total. The monoisotopic (exact) mass is 421 g/mol. The molecule has 2 fully saturated rings. The van der Waals surface area contributed by atoms with E-state index < -0.39 is 0 Å². The molecule has 166 valence electrons. The number of nitrogens with one attached hydrogen (secondary N) is 1. The topological polar surface area (TPSA) is 60.8 Å². The Balaban J connectivity index is 1.47. The third-order valence-electron chi connectivity index (χ3n) is 6.73. The van der Waals surface area contributed by atoms with Crippen molar-refractivity contribution in [3.8, 4) is 0 Å². The van der Waals surface area contributed by atoms with Gasteiger partial charge in [-0.3, -0.25) is 19.7 Å². The number of carbonyl (C=O) groups excluding carboxylic acids is 1. The van der Waals surface area contributed by atoms with E-state index in [1.54, 1.807) is 7.05 Å². The van der Waals surface area contributed by atoms with Gasteiger partial charge in [0.1, 0.15) is 0 Å². The number of pyridine rings is 1. The normalized spacial score (nSPS) is 24.1. The fourth-order valence-electron chi connectivity index (χ4n) is 5.26. The molecule has 6 heteroatoms. The van der Waals surface area contributed by atoms with Crippen molar-refractivity contribution < 1.29 is 4.79 Å². The average molecular weight is 422 g/mol. The van der Waals surface area contributed by atoms with Gasteiger partial charge in [0.25, 0.3) is 0 Å². The molecular weight excluding hydrogens is 386 g/mol. The summed E-state index contributed by atoms with van der Waals surface area (Å²) in [4.78, 5) is 26.2. The van der Waals surface area contributed by atoms with Gasteiger partial charge < -0.3 is 10.2 Å². The maximum atomic E-state index is 12.7. The van der Waals surface area contributed by atoms with Crippen molar-refractivity contribution >= 4 is 23.0 Å². The van der Waals surface area contributed by atoms with E-state index in [0.717, 1.165) is 56.5 Å². The summed E-state index contributed by atoms with van der Waals surface area (Å²) in [5.74, 6) is 1.13. The Kier molecular flexibility index (Phi) is 6.98. The average Bonchev–Trinajstić information content (AvgIpc) is 2.75. The van der Waals surface area contributed by atoms with Crippen molar-refractivity contribution in [1.82, 2.24) is 20.1 Å². The molecule has 6 nitrogen and oxygen atoms in total. The van der Waals surface area contributed by atoms with Gasteiger partial charge in [0.15, 0.2) is 0 Å². The first-order chi connectivity index (χ1) is 15.0. The highest BCUT2D eigenvalue weighted by Crippen LogP contribution is 2.34. The molecule has 4 rings (SSSR count). The summed E-state index contributed by atoms with van der Waals surface area (Å²) >= 11 is 0. The van der Waals surface area contributed by atoms with Gasteiger partial charge >= 0.3 is 0 Å². The summed E-state index contributed by atoms with van der Waals surface area (Å²) in [6, 6.07) is 8.87. The van der Waals surface area contributed by atoms with Crippen LogP contribution in [0.3, 0.4) is 0 Å². The summed E-state index contributed by atoms with van der Waals surface area (Å²) in [5.41, 5.74) is 3.40. The zero-order valence-electron chi connectivity index (χ0n) is 19.1. The number of likely N-dealkylation sites (tertiary alicyclic amines) is 2. The van der Waals surface area contributed by atoms with Gasteiger partial charge in [-0.05, 0) is 62.9 Å². The van der Waals surface area contributed by atoms with Crippen LogP contribution in [-0.4, -0.2) is 79.8 Å². The second-order valence-corrected chi connectivity index (χ2v) is 9.41. The summed E-state index contributed by atoms with van der Waals surface area (Å²) in [7, 11) is 3.94. The van der Waals surface area contributed by atoms with Gasteiger partial charge in [-0.1, -0.05) is 25.1 Å². The van der Waals surface area contributed by atoms with Crippen LogP contribution in [0.4, 0.5) is 0 Å². The Labute approximate surface area is 185 Å². The van der Waals surface area contributed by atoms with Gasteiger partial charge in [-0.25, -0.2) is 0 Å². The van der Waals surface area contributed by atoms with Crippen LogP contribution in [0, 0.1) is 5.92 Å². The van der Waals surface area contributed by atoms with Gasteiger partial charge in [-0.2, -0.15) is 0 Å². The highest BCUT2D eigenvalue weighted by Gasteiger charge is 2.29. The van der Waals surface area contributed by atoms with Crippen molar-refractivity contribution in [2.24, 2.45) is 10.9 Å². The maximum absolute atomic E-state index is 12.7. The molecule has 1 aromatic carbocycles.